The molecule has 0 unspecified atom stereocenters. The van der Waals surface area contributed by atoms with E-state index < -0.39 is 0 Å². The van der Waals surface area contributed by atoms with Gasteiger partial charge in [0.25, 0.3) is 0 Å². The molecule has 0 saturated heterocycles. The summed E-state index contributed by atoms with van der Waals surface area (Å²) in [7, 11) is 0. The van der Waals surface area contributed by atoms with Gasteiger partial charge in [-0.2, -0.15) is 0 Å². The van der Waals surface area contributed by atoms with E-state index in [1.807, 2.05) is 12.3 Å². The Balaban J connectivity index is 2.80. The Kier molecular flexibility index (Phi) is 1.78. The quantitative estimate of drug-likeness (QED) is 0.723. The van der Waals surface area contributed by atoms with Gasteiger partial charge in [0, 0.05) is 5.56 Å². The van der Waals surface area contributed by atoms with Crippen molar-refractivity contribution in [3.63, 3.8) is 0 Å². The molecule has 4 heteroatoms. The first-order valence-corrected chi connectivity index (χ1v) is 4.49. The lowest BCUT2D eigenvalue weighted by Crippen LogP contribution is -1.86. The monoisotopic (exact) mass is 180 g/mol. The average molecular weight is 180 g/mol. The van der Waals surface area contributed by atoms with Crippen molar-refractivity contribution < 1.29 is 5.11 Å². The minimum atomic E-state index is 0.0520. The van der Waals surface area contributed by atoms with Gasteiger partial charge in [0.15, 0.2) is 0 Å². The van der Waals surface area contributed by atoms with Gasteiger partial charge in [0.1, 0.15) is 6.33 Å². The Morgan fingerprint density at radius 2 is 2.33 bits per heavy atom. The van der Waals surface area contributed by atoms with Crippen LogP contribution in [0.25, 0.3) is 10.2 Å². The highest BCUT2D eigenvalue weighted by Gasteiger charge is 2.05. The second-order valence-electron chi connectivity index (χ2n) is 2.56. The molecular weight excluding hydrogens is 172 g/mol. The van der Waals surface area contributed by atoms with Gasteiger partial charge in [-0.05, 0) is 12.3 Å². The number of fused-ring (bicyclic) bond motifs is 1. The Morgan fingerprint density at radius 3 is 3.08 bits per heavy atom. The zero-order valence-electron chi connectivity index (χ0n) is 6.61. The van der Waals surface area contributed by atoms with Gasteiger partial charge in [-0.25, -0.2) is 9.97 Å². The maximum atomic E-state index is 8.96. The minimum Gasteiger partial charge on any atom is -0.392 e. The molecule has 0 saturated carbocycles. The van der Waals surface area contributed by atoms with Crippen LogP contribution in [0.4, 0.5) is 0 Å². The van der Waals surface area contributed by atoms with Crippen molar-refractivity contribution in [2.24, 2.45) is 0 Å². The lowest BCUT2D eigenvalue weighted by Gasteiger charge is -1.93. The van der Waals surface area contributed by atoms with Crippen molar-refractivity contribution in [1.29, 1.82) is 0 Å². The fourth-order valence-corrected chi connectivity index (χ4v) is 2.09. The lowest BCUT2D eigenvalue weighted by molar-refractivity contribution is 0.283. The molecule has 0 bridgehead atoms. The lowest BCUT2D eigenvalue weighted by atomic mass is 10.3. The van der Waals surface area contributed by atoms with Gasteiger partial charge in [0.05, 0.1) is 22.5 Å². The van der Waals surface area contributed by atoms with Crippen LogP contribution in [0.2, 0.25) is 0 Å². The minimum absolute atomic E-state index is 0.0520. The predicted molar refractivity (Wildman–Crippen MR) is 48.1 cm³/mol. The van der Waals surface area contributed by atoms with Crippen LogP contribution in [0.3, 0.4) is 0 Å². The van der Waals surface area contributed by atoms with Crippen molar-refractivity contribution in [3.05, 3.63) is 23.0 Å². The van der Waals surface area contributed by atoms with Crippen molar-refractivity contribution in [3.8, 4) is 0 Å². The molecule has 2 rings (SSSR count). The number of aryl methyl sites for hydroxylation is 1. The highest BCUT2D eigenvalue weighted by Crippen LogP contribution is 2.25. The zero-order valence-corrected chi connectivity index (χ0v) is 7.43. The maximum absolute atomic E-state index is 8.96. The number of aliphatic hydroxyl groups is 1. The SMILES string of the molecule is Cc1ncnc2c(CO)csc12. The number of rotatable bonds is 1. The van der Waals surface area contributed by atoms with E-state index in [0.29, 0.717) is 0 Å². The average Bonchev–Trinajstić information content (AvgIpc) is 2.49. The summed E-state index contributed by atoms with van der Waals surface area (Å²) < 4.78 is 1.07. The van der Waals surface area contributed by atoms with Crippen molar-refractivity contribution in [2.75, 3.05) is 0 Å². The van der Waals surface area contributed by atoms with Gasteiger partial charge < -0.3 is 5.11 Å². The van der Waals surface area contributed by atoms with Gasteiger partial charge in [-0.3, -0.25) is 0 Å². The molecule has 12 heavy (non-hydrogen) atoms. The van der Waals surface area contributed by atoms with E-state index in [1.54, 1.807) is 11.3 Å². The van der Waals surface area contributed by atoms with E-state index in [-0.39, 0.29) is 6.61 Å². The van der Waals surface area contributed by atoms with Gasteiger partial charge >= 0.3 is 0 Å². The summed E-state index contributed by atoms with van der Waals surface area (Å²) in [6, 6.07) is 0. The normalized spacial score (nSPS) is 10.8. The second kappa shape index (κ2) is 2.80. The van der Waals surface area contributed by atoms with E-state index >= 15 is 0 Å². The molecule has 3 nitrogen and oxygen atoms in total. The Labute approximate surface area is 73.7 Å². The summed E-state index contributed by atoms with van der Waals surface area (Å²) in [5, 5.41) is 10.9. The summed E-state index contributed by atoms with van der Waals surface area (Å²) in [6.07, 6.45) is 1.53. The van der Waals surface area contributed by atoms with E-state index in [1.165, 1.54) is 6.33 Å². The highest BCUT2D eigenvalue weighted by molar-refractivity contribution is 7.17. The van der Waals surface area contributed by atoms with E-state index in [4.69, 9.17) is 5.11 Å². The molecule has 0 aliphatic rings. The van der Waals surface area contributed by atoms with Crippen LogP contribution in [0.1, 0.15) is 11.3 Å². The standard InChI is InChI=1S/C8H8N2OS/c1-5-8-7(10-4-9-5)6(2-11)3-12-8/h3-4,11H,2H2,1H3. The third kappa shape index (κ3) is 1.00. The van der Waals surface area contributed by atoms with Crippen LogP contribution in [-0.2, 0) is 6.61 Å². The number of hydrogen-bond acceptors (Lipinski definition) is 4. The molecule has 1 N–H and O–H groups in total. The first-order chi connectivity index (χ1) is 5.83. The maximum Gasteiger partial charge on any atom is 0.116 e. The van der Waals surface area contributed by atoms with Crippen molar-refractivity contribution in [2.45, 2.75) is 13.5 Å². The van der Waals surface area contributed by atoms with E-state index in [2.05, 4.69) is 9.97 Å². The Bertz CT molecular complexity index is 410. The molecule has 0 amide bonds. The fourth-order valence-electron chi connectivity index (χ4n) is 1.13. The number of thiophene rings is 1. The number of hydrogen-bond donors (Lipinski definition) is 1. The van der Waals surface area contributed by atoms with Crippen LogP contribution in [0.5, 0.6) is 0 Å². The zero-order chi connectivity index (χ0) is 8.55. The fraction of sp³-hybridized carbons (Fsp3) is 0.250. The molecule has 0 fully saturated rings. The van der Waals surface area contributed by atoms with Crippen molar-refractivity contribution >= 4 is 21.6 Å². The summed E-state index contributed by atoms with van der Waals surface area (Å²) in [5.74, 6) is 0. The van der Waals surface area contributed by atoms with Gasteiger partial charge in [-0.15, -0.1) is 11.3 Å². The molecular formula is C8H8N2OS. The van der Waals surface area contributed by atoms with Crippen LogP contribution in [-0.4, -0.2) is 15.1 Å². The topological polar surface area (TPSA) is 46.0 Å². The molecule has 2 aromatic rings. The molecule has 0 radical (unpaired) electrons. The van der Waals surface area contributed by atoms with Gasteiger partial charge in [0.2, 0.25) is 0 Å². The van der Waals surface area contributed by atoms with Crippen molar-refractivity contribution in [1.82, 2.24) is 9.97 Å². The number of aliphatic hydroxyl groups excluding tert-OH is 1. The van der Waals surface area contributed by atoms with Crippen LogP contribution in [0, 0.1) is 6.92 Å². The Morgan fingerprint density at radius 1 is 1.50 bits per heavy atom. The molecule has 2 heterocycles. The molecule has 62 valence electrons. The van der Waals surface area contributed by atoms with Crippen LogP contribution < -0.4 is 0 Å². The molecule has 0 aliphatic carbocycles. The molecule has 2 aromatic heterocycles. The second-order valence-corrected chi connectivity index (χ2v) is 3.44. The third-order valence-corrected chi connectivity index (χ3v) is 2.90. The van der Waals surface area contributed by atoms with E-state index in [9.17, 15) is 0 Å². The molecule has 0 aromatic carbocycles. The Hall–Kier alpha value is -1.00. The van der Waals surface area contributed by atoms with Crippen LogP contribution >= 0.6 is 11.3 Å². The highest BCUT2D eigenvalue weighted by atomic mass is 32.1. The predicted octanol–water partition coefficient (Wildman–Crippen LogP) is 1.49. The smallest absolute Gasteiger partial charge is 0.116 e. The first-order valence-electron chi connectivity index (χ1n) is 3.61. The summed E-state index contributed by atoms with van der Waals surface area (Å²) in [5.41, 5.74) is 2.75. The molecule has 0 aliphatic heterocycles. The van der Waals surface area contributed by atoms with E-state index in [0.717, 1.165) is 21.5 Å². The third-order valence-electron chi connectivity index (χ3n) is 1.78. The summed E-state index contributed by atoms with van der Waals surface area (Å²) in [4.78, 5) is 8.18. The number of aromatic nitrogens is 2. The number of nitrogens with zero attached hydrogens (tertiary/aromatic N) is 2. The first kappa shape index (κ1) is 7.64. The summed E-state index contributed by atoms with van der Waals surface area (Å²) in [6.45, 7) is 2.00. The molecule has 0 spiro atoms. The molecule has 0 atom stereocenters. The largest absolute Gasteiger partial charge is 0.392 e. The van der Waals surface area contributed by atoms with Gasteiger partial charge in [-0.1, -0.05) is 0 Å². The van der Waals surface area contributed by atoms with Crippen LogP contribution in [0.15, 0.2) is 11.7 Å². The summed E-state index contributed by atoms with van der Waals surface area (Å²) >= 11 is 1.58.